The number of hydrogen-bond donors (Lipinski definition) is 0. The molecular formula is C35H34N4Zn. The summed E-state index contributed by atoms with van der Waals surface area (Å²) in [5, 5.41) is 0. The maximum absolute atomic E-state index is 5.22. The number of hydrogen-bond acceptors (Lipinski definition) is 2. The smallest absolute Gasteiger partial charge is 0.658 e. The van der Waals surface area contributed by atoms with Crippen molar-refractivity contribution in [1.82, 2.24) is 19.9 Å². The largest absolute Gasteiger partial charge is 2.00 e. The fourth-order valence-electron chi connectivity index (χ4n) is 7.06. The molecule has 2 aliphatic heterocycles. The van der Waals surface area contributed by atoms with E-state index in [0.29, 0.717) is 0 Å². The molecule has 4 nitrogen and oxygen atoms in total. The molecule has 3 aliphatic rings. The summed E-state index contributed by atoms with van der Waals surface area (Å²) < 4.78 is 0. The third-order valence-corrected chi connectivity index (χ3v) is 8.91. The van der Waals surface area contributed by atoms with E-state index in [4.69, 9.17) is 19.9 Å². The number of rotatable bonds is 1. The van der Waals surface area contributed by atoms with E-state index in [1.165, 1.54) is 60.1 Å². The van der Waals surface area contributed by atoms with E-state index in [-0.39, 0.29) is 24.9 Å². The molecule has 3 aromatic heterocycles. The van der Waals surface area contributed by atoms with Gasteiger partial charge in [-0.1, -0.05) is 73.4 Å². The van der Waals surface area contributed by atoms with Crippen LogP contribution in [-0.4, -0.2) is 9.97 Å². The molecular weight excluding hydrogens is 542 g/mol. The number of nitrogens with zero attached hydrogens (tertiary/aromatic N) is 4. The van der Waals surface area contributed by atoms with Crippen LogP contribution in [0.4, 0.5) is 0 Å². The van der Waals surface area contributed by atoms with Gasteiger partial charge < -0.3 is 9.97 Å². The third kappa shape index (κ3) is 4.59. The van der Waals surface area contributed by atoms with Crippen molar-refractivity contribution >= 4 is 34.2 Å². The van der Waals surface area contributed by atoms with Crippen molar-refractivity contribution in [2.24, 2.45) is 0 Å². The zero-order valence-corrected chi connectivity index (χ0v) is 27.0. The van der Waals surface area contributed by atoms with Gasteiger partial charge in [0.25, 0.3) is 0 Å². The van der Waals surface area contributed by atoms with E-state index in [2.05, 4.69) is 88.4 Å². The minimum Gasteiger partial charge on any atom is -0.658 e. The molecule has 5 heteroatoms. The van der Waals surface area contributed by atoms with Crippen molar-refractivity contribution in [3.05, 3.63) is 93.6 Å². The quantitative estimate of drug-likeness (QED) is 0.190. The molecule has 0 amide bonds. The molecule has 4 aromatic rings. The second-order valence-corrected chi connectivity index (χ2v) is 11.8. The second-order valence-electron chi connectivity index (χ2n) is 11.8. The Bertz CT molecular complexity index is 1790. The van der Waals surface area contributed by atoms with Crippen LogP contribution in [0.15, 0.2) is 48.5 Å². The summed E-state index contributed by atoms with van der Waals surface area (Å²) in [6.45, 7) is 8.67. The van der Waals surface area contributed by atoms with Gasteiger partial charge in [0, 0.05) is 23.2 Å². The van der Waals surface area contributed by atoms with Gasteiger partial charge >= 0.3 is 19.5 Å². The molecule has 1 saturated carbocycles. The summed E-state index contributed by atoms with van der Waals surface area (Å²) in [6.07, 6.45) is 11.5. The second kappa shape index (κ2) is 10.3. The van der Waals surface area contributed by atoms with Crippen LogP contribution in [0.25, 0.3) is 45.3 Å². The van der Waals surface area contributed by atoms with Crippen molar-refractivity contribution in [3.63, 3.8) is 0 Å². The maximum Gasteiger partial charge on any atom is 2.00 e. The van der Waals surface area contributed by atoms with Gasteiger partial charge in [-0.2, -0.15) is 0 Å². The molecule has 1 spiro atoms. The molecule has 40 heavy (non-hydrogen) atoms. The molecule has 0 N–H and O–H groups in total. The molecule has 1 aromatic carbocycles. The number of fused-ring (bicyclic) bond motifs is 9. The monoisotopic (exact) mass is 574 g/mol. The first-order chi connectivity index (χ1) is 18.9. The van der Waals surface area contributed by atoms with Crippen molar-refractivity contribution in [2.45, 2.75) is 71.6 Å². The Hall–Kier alpha value is -3.30. The molecule has 0 atom stereocenters. The van der Waals surface area contributed by atoms with Gasteiger partial charge in [-0.15, -0.1) is 22.1 Å². The van der Waals surface area contributed by atoms with Crippen molar-refractivity contribution in [3.8, 4) is 11.1 Å². The van der Waals surface area contributed by atoms with E-state index >= 15 is 0 Å². The van der Waals surface area contributed by atoms with Crippen LogP contribution in [-0.2, 0) is 31.3 Å². The van der Waals surface area contributed by atoms with Crippen LogP contribution in [0, 0.1) is 27.7 Å². The Morgan fingerprint density at radius 3 is 2.08 bits per heavy atom. The van der Waals surface area contributed by atoms with Gasteiger partial charge in [-0.05, 0) is 80.5 Å². The minimum atomic E-state index is 0. The standard InChI is InChI=1S/C35H34N4.Zn/c1-21-16-22(2)33(23(3)17-21)34-30-11-9-25(37-30)18-27-20-35(14-6-5-7-15-35)32(38-27)19-26-8-10-28(36-26)24(4)29-12-13-31(34)39-29;/h8-13,16-19H,5-7,14-15,20H2,1-4H3;/q-2;+2. The zero-order valence-electron chi connectivity index (χ0n) is 24.0. The Kier molecular flexibility index (Phi) is 6.91. The predicted molar refractivity (Wildman–Crippen MR) is 161 cm³/mol. The average Bonchev–Trinajstić information content (AvgIpc) is 3.70. The van der Waals surface area contributed by atoms with Crippen LogP contribution in [0.5, 0.6) is 0 Å². The summed E-state index contributed by atoms with van der Waals surface area (Å²) in [5.74, 6) is 0. The Morgan fingerprint density at radius 2 is 1.32 bits per heavy atom. The average molecular weight is 576 g/mol. The minimum absolute atomic E-state index is 0. The molecule has 0 saturated heterocycles. The van der Waals surface area contributed by atoms with Crippen molar-refractivity contribution in [1.29, 1.82) is 0 Å². The zero-order chi connectivity index (χ0) is 26.7. The van der Waals surface area contributed by atoms with Crippen LogP contribution in [0.2, 0.25) is 0 Å². The van der Waals surface area contributed by atoms with Gasteiger partial charge in [0.05, 0.1) is 11.4 Å². The van der Waals surface area contributed by atoms with Gasteiger partial charge in [0.15, 0.2) is 0 Å². The van der Waals surface area contributed by atoms with Crippen LogP contribution < -0.4 is 9.97 Å². The summed E-state index contributed by atoms with van der Waals surface area (Å²) >= 11 is 0. The molecule has 1 aliphatic carbocycles. The Balaban J connectivity index is 0.00000289. The molecule has 0 unspecified atom stereocenters. The number of benzene rings is 1. The van der Waals surface area contributed by atoms with Crippen LogP contribution in [0.3, 0.4) is 0 Å². The molecule has 8 bridgehead atoms. The van der Waals surface area contributed by atoms with Crippen LogP contribution >= 0.6 is 0 Å². The van der Waals surface area contributed by atoms with E-state index in [1.807, 2.05) is 0 Å². The van der Waals surface area contributed by atoms with Gasteiger partial charge in [0.1, 0.15) is 0 Å². The summed E-state index contributed by atoms with van der Waals surface area (Å²) in [6, 6.07) is 17.5. The fraction of sp³-hybridized carbons (Fsp3) is 0.314. The molecule has 1 fully saturated rings. The van der Waals surface area contributed by atoms with E-state index < -0.39 is 0 Å². The van der Waals surface area contributed by atoms with Crippen molar-refractivity contribution in [2.75, 3.05) is 0 Å². The maximum atomic E-state index is 5.22. The topological polar surface area (TPSA) is 54.0 Å². The molecule has 7 rings (SSSR count). The van der Waals surface area contributed by atoms with Crippen LogP contribution in [0.1, 0.15) is 77.1 Å². The van der Waals surface area contributed by atoms with E-state index in [0.717, 1.165) is 56.7 Å². The Labute approximate surface area is 249 Å². The molecule has 0 radical (unpaired) electrons. The SMILES string of the molecule is Cc1cc(C)c(-c2c3nc(c(C)c4ccc(cc5nc(cc6ccc2[n-]6)CC52CCCCC2)[n-]4)C=C3)c(C)c1.[Zn+2]. The summed E-state index contributed by atoms with van der Waals surface area (Å²) in [4.78, 5) is 20.6. The predicted octanol–water partition coefficient (Wildman–Crippen LogP) is 8.09. The van der Waals surface area contributed by atoms with Gasteiger partial charge in [0.2, 0.25) is 0 Å². The number of aryl methyl sites for hydroxylation is 4. The number of aromatic nitrogens is 4. The fourth-order valence-corrected chi connectivity index (χ4v) is 7.06. The first kappa shape index (κ1) is 26.9. The molecule has 196 valence electrons. The third-order valence-electron chi connectivity index (χ3n) is 8.91. The van der Waals surface area contributed by atoms with Gasteiger partial charge in [-0.25, -0.2) is 4.98 Å². The van der Waals surface area contributed by atoms with Crippen molar-refractivity contribution < 1.29 is 19.5 Å². The molecule has 5 heterocycles. The van der Waals surface area contributed by atoms with E-state index in [1.54, 1.807) is 0 Å². The van der Waals surface area contributed by atoms with E-state index in [9.17, 15) is 0 Å². The first-order valence-electron chi connectivity index (χ1n) is 14.2. The first-order valence-corrected chi connectivity index (χ1v) is 14.2. The Morgan fingerprint density at radius 1 is 0.675 bits per heavy atom. The summed E-state index contributed by atoms with van der Waals surface area (Å²) in [5.41, 5.74) is 15.4. The summed E-state index contributed by atoms with van der Waals surface area (Å²) in [7, 11) is 0. The normalized spacial score (nSPS) is 15.8. The van der Waals surface area contributed by atoms with Gasteiger partial charge in [-0.3, -0.25) is 4.98 Å².